The van der Waals surface area contributed by atoms with Crippen LogP contribution in [0, 0.1) is 0 Å². The molecule has 0 amide bonds. The second-order valence-electron chi connectivity index (χ2n) is 6.97. The Balaban J connectivity index is 1.80. The molecule has 0 unspecified atom stereocenters. The Morgan fingerprint density at radius 2 is 1.76 bits per heavy atom. The van der Waals surface area contributed by atoms with Gasteiger partial charge in [-0.15, -0.1) is 4.74 Å². The van der Waals surface area contributed by atoms with E-state index >= 15 is 0 Å². The van der Waals surface area contributed by atoms with Crippen LogP contribution in [0.3, 0.4) is 0 Å². The van der Waals surface area contributed by atoms with E-state index in [-0.39, 0.29) is 0 Å². The number of anilines is 1. The fourth-order valence-electron chi connectivity index (χ4n) is 3.18. The number of rotatable bonds is 4. The number of halogens is 1. The van der Waals surface area contributed by atoms with E-state index in [1.165, 1.54) is 11.8 Å². The molecule has 1 aliphatic rings. The zero-order valence-corrected chi connectivity index (χ0v) is 17.9. The molecule has 1 aliphatic heterocycles. The third-order valence-electron chi connectivity index (χ3n) is 4.48. The smallest absolute Gasteiger partial charge is 0.314 e. The molecule has 1 atom stereocenters. The minimum absolute atomic E-state index is 0.375. The summed E-state index contributed by atoms with van der Waals surface area (Å²) in [5.41, 5.74) is 3.80. The van der Waals surface area contributed by atoms with E-state index in [1.807, 2.05) is 44.2 Å². The fraction of sp³-hybridized carbons (Fsp3) is 0.211. The van der Waals surface area contributed by atoms with Crippen molar-refractivity contribution >= 4 is 45.6 Å². The summed E-state index contributed by atoms with van der Waals surface area (Å²) in [6.45, 7) is 3.88. The molecule has 7 nitrogen and oxygen atoms in total. The van der Waals surface area contributed by atoms with Gasteiger partial charge in [0.15, 0.2) is 10.5 Å². The molecule has 150 valence electrons. The highest BCUT2D eigenvalue weighted by atomic mass is 35.5. The first-order valence-electron chi connectivity index (χ1n) is 8.73. The molecule has 0 radical (unpaired) electrons. The van der Waals surface area contributed by atoms with E-state index in [0.717, 1.165) is 15.0 Å². The van der Waals surface area contributed by atoms with Crippen molar-refractivity contribution in [3.63, 3.8) is 0 Å². The summed E-state index contributed by atoms with van der Waals surface area (Å²) in [5, 5.41) is 2.17. The van der Waals surface area contributed by atoms with Crippen molar-refractivity contribution in [3.8, 4) is 5.69 Å². The van der Waals surface area contributed by atoms with Gasteiger partial charge in [-0.2, -0.15) is 4.57 Å². The molecule has 1 N–H and O–H groups in total. The molecule has 1 saturated heterocycles. The zero-order chi connectivity index (χ0) is 20.8. The van der Waals surface area contributed by atoms with Crippen molar-refractivity contribution < 1.29 is 4.52 Å². The van der Waals surface area contributed by atoms with Crippen LogP contribution in [0.15, 0.2) is 68.7 Å². The van der Waals surface area contributed by atoms with Gasteiger partial charge in [-0.05, 0) is 50.2 Å². The van der Waals surface area contributed by atoms with Gasteiger partial charge in [0.25, 0.3) is 0 Å². The Morgan fingerprint density at radius 1 is 1.10 bits per heavy atom. The summed E-state index contributed by atoms with van der Waals surface area (Å²) in [4.78, 5) is 25.7. The van der Waals surface area contributed by atoms with Crippen LogP contribution >= 0.6 is 35.6 Å². The quantitative estimate of drug-likeness (QED) is 0.607. The number of thiocarbonyl (C=S) groups is 1. The number of benzene rings is 2. The first-order valence-corrected chi connectivity index (χ1v) is 10.3. The average molecular weight is 449 g/mol. The van der Waals surface area contributed by atoms with Crippen LogP contribution < -0.4 is 16.9 Å². The number of aromatic nitrogens is 2. The van der Waals surface area contributed by atoms with E-state index in [1.54, 1.807) is 29.3 Å². The van der Waals surface area contributed by atoms with Crippen LogP contribution in [-0.4, -0.2) is 23.4 Å². The number of para-hydroxylation sites is 1. The summed E-state index contributed by atoms with van der Waals surface area (Å²) >= 11 is 12.9. The summed E-state index contributed by atoms with van der Waals surface area (Å²) < 4.78 is 7.43. The van der Waals surface area contributed by atoms with E-state index in [2.05, 4.69) is 5.43 Å². The Bertz CT molecular complexity index is 1170. The second kappa shape index (κ2) is 7.40. The predicted molar refractivity (Wildman–Crippen MR) is 119 cm³/mol. The first kappa shape index (κ1) is 19.8. The normalized spacial score (nSPS) is 18.2. The van der Waals surface area contributed by atoms with Crippen LogP contribution in [0.1, 0.15) is 20.0 Å². The van der Waals surface area contributed by atoms with E-state index < -0.39 is 22.4 Å². The highest BCUT2D eigenvalue weighted by Crippen LogP contribution is 2.46. The lowest BCUT2D eigenvalue weighted by Gasteiger charge is -2.31. The molecule has 2 heterocycles. The molecule has 4 rings (SSSR count). The Kier molecular flexibility index (Phi) is 5.05. The van der Waals surface area contributed by atoms with Crippen LogP contribution in [0.4, 0.5) is 5.69 Å². The van der Waals surface area contributed by atoms with Gasteiger partial charge >= 0.3 is 11.4 Å². The molecule has 1 aromatic heterocycles. The lowest BCUT2D eigenvalue weighted by molar-refractivity contribution is 0.104. The Morgan fingerprint density at radius 3 is 2.41 bits per heavy atom. The van der Waals surface area contributed by atoms with Crippen LogP contribution in [0.5, 0.6) is 0 Å². The van der Waals surface area contributed by atoms with Crippen molar-refractivity contribution in [1.82, 2.24) is 14.3 Å². The minimum Gasteiger partial charge on any atom is -0.314 e. The van der Waals surface area contributed by atoms with Gasteiger partial charge < -0.3 is 4.52 Å². The van der Waals surface area contributed by atoms with E-state index in [0.29, 0.717) is 15.0 Å². The predicted octanol–water partition coefficient (Wildman–Crippen LogP) is 3.88. The Labute approximate surface area is 180 Å². The third-order valence-corrected chi connectivity index (χ3v) is 6.29. The number of hydrogen-bond acceptors (Lipinski definition) is 6. The van der Waals surface area contributed by atoms with Crippen molar-refractivity contribution in [2.45, 2.75) is 24.8 Å². The SMILES string of the molecule is CC1(C)SC(=S)N(Nc2ccccc2)[C@@H]1n1oc(=O)n(-c2ccc(Cl)cc2)c1=O. The molecule has 0 spiro atoms. The second-order valence-corrected chi connectivity index (χ2v) is 9.69. The largest absolute Gasteiger partial charge is 0.447 e. The van der Waals surface area contributed by atoms with Gasteiger partial charge in [0.2, 0.25) is 0 Å². The maximum absolute atomic E-state index is 13.1. The van der Waals surface area contributed by atoms with Crippen molar-refractivity contribution in [3.05, 3.63) is 80.7 Å². The molecule has 3 aromatic rings. The number of hydrazine groups is 1. The molecule has 1 fully saturated rings. The molecule has 2 aromatic carbocycles. The summed E-state index contributed by atoms with van der Waals surface area (Å²) in [5.74, 6) is -0.782. The number of nitrogens with one attached hydrogen (secondary N) is 1. The molecular formula is C19H17ClN4O3S2. The van der Waals surface area contributed by atoms with E-state index in [4.69, 9.17) is 28.3 Å². The van der Waals surface area contributed by atoms with Gasteiger partial charge in [0.05, 0.1) is 16.1 Å². The van der Waals surface area contributed by atoms with Gasteiger partial charge in [-0.3, -0.25) is 5.43 Å². The maximum Gasteiger partial charge on any atom is 0.447 e. The minimum atomic E-state index is -0.782. The van der Waals surface area contributed by atoms with Gasteiger partial charge in [0.1, 0.15) is 0 Å². The molecule has 10 heteroatoms. The van der Waals surface area contributed by atoms with Crippen molar-refractivity contribution in [2.24, 2.45) is 0 Å². The summed E-state index contributed by atoms with van der Waals surface area (Å²) in [6, 6.07) is 15.8. The third kappa shape index (κ3) is 3.61. The molecule has 0 saturated carbocycles. The first-order chi connectivity index (χ1) is 13.8. The molecule has 29 heavy (non-hydrogen) atoms. The number of nitrogens with zero attached hydrogens (tertiary/aromatic N) is 3. The average Bonchev–Trinajstić information content (AvgIpc) is 3.08. The van der Waals surface area contributed by atoms with Gasteiger partial charge in [-0.1, -0.05) is 53.8 Å². The van der Waals surface area contributed by atoms with Crippen molar-refractivity contribution in [2.75, 3.05) is 5.43 Å². The number of thioether (sulfide) groups is 1. The Hall–Kier alpha value is -2.49. The van der Waals surface area contributed by atoms with Crippen LogP contribution in [0.25, 0.3) is 5.69 Å². The van der Waals surface area contributed by atoms with E-state index in [9.17, 15) is 9.59 Å². The molecule has 0 bridgehead atoms. The van der Waals surface area contributed by atoms with Crippen LogP contribution in [0.2, 0.25) is 5.02 Å². The lowest BCUT2D eigenvalue weighted by atomic mass is 10.1. The maximum atomic E-state index is 13.1. The van der Waals surface area contributed by atoms with Gasteiger partial charge in [-0.25, -0.2) is 14.6 Å². The highest BCUT2D eigenvalue weighted by molar-refractivity contribution is 8.24. The lowest BCUT2D eigenvalue weighted by Crippen LogP contribution is -2.44. The monoisotopic (exact) mass is 448 g/mol. The van der Waals surface area contributed by atoms with Gasteiger partial charge in [0, 0.05) is 5.02 Å². The standard InChI is InChI=1S/C19H17ClN4O3S2/c1-19(2)15(23(18(28)29-19)21-13-6-4-3-5-7-13)24-16(25)22(17(26)27-24)14-10-8-12(20)9-11-14/h3-11,15,21H,1-2H3/t15-/m1/s1. The van der Waals surface area contributed by atoms with Crippen LogP contribution in [-0.2, 0) is 0 Å². The zero-order valence-electron chi connectivity index (χ0n) is 15.5. The topological polar surface area (TPSA) is 72.4 Å². The summed E-state index contributed by atoms with van der Waals surface area (Å²) in [6.07, 6.45) is -0.658. The number of hydrogen-bond donors (Lipinski definition) is 1. The highest BCUT2D eigenvalue weighted by Gasteiger charge is 2.49. The fourth-order valence-corrected chi connectivity index (χ4v) is 5.10. The molecular weight excluding hydrogens is 432 g/mol. The van der Waals surface area contributed by atoms with Crippen molar-refractivity contribution in [1.29, 1.82) is 0 Å². The molecule has 0 aliphatic carbocycles. The summed E-state index contributed by atoms with van der Waals surface area (Å²) in [7, 11) is 0.